The Bertz CT molecular complexity index is 524. The van der Waals surface area contributed by atoms with Crippen LogP contribution in [0, 0.1) is 5.82 Å². The number of fused-ring (bicyclic) bond motifs is 1. The summed E-state index contributed by atoms with van der Waals surface area (Å²) in [4.78, 5) is 4.26. The van der Waals surface area contributed by atoms with Gasteiger partial charge in [-0.15, -0.1) is 0 Å². The Morgan fingerprint density at radius 1 is 1.53 bits per heavy atom. The van der Waals surface area contributed by atoms with E-state index < -0.39 is 6.10 Å². The molecule has 5 heteroatoms. The lowest BCUT2D eigenvalue weighted by molar-refractivity contribution is 0.172. The summed E-state index contributed by atoms with van der Waals surface area (Å²) in [7, 11) is 0. The van der Waals surface area contributed by atoms with Crippen LogP contribution in [0.15, 0.2) is 18.2 Å². The Morgan fingerprint density at radius 2 is 2.29 bits per heavy atom. The number of imidazole rings is 1. The number of aryl methyl sites for hydroxylation is 1. The van der Waals surface area contributed by atoms with E-state index >= 15 is 0 Å². The Morgan fingerprint density at radius 3 is 2.94 bits per heavy atom. The molecule has 2 aromatic rings. The molecule has 92 valence electrons. The number of nitrogens with two attached hydrogens (primary N) is 1. The first-order valence-electron chi connectivity index (χ1n) is 5.71. The Kier molecular flexibility index (Phi) is 3.40. The van der Waals surface area contributed by atoms with E-state index in [0.29, 0.717) is 11.3 Å². The molecule has 0 saturated heterocycles. The quantitative estimate of drug-likeness (QED) is 0.848. The fourth-order valence-corrected chi connectivity index (χ4v) is 1.94. The number of halogens is 1. The van der Waals surface area contributed by atoms with Gasteiger partial charge in [-0.1, -0.05) is 6.92 Å². The molecule has 0 aliphatic rings. The summed E-state index contributed by atoms with van der Waals surface area (Å²) in [6, 6.07) is 4.45. The van der Waals surface area contributed by atoms with Crippen molar-refractivity contribution in [1.29, 1.82) is 0 Å². The largest absolute Gasteiger partial charge is 0.384 e. The molecule has 0 saturated carbocycles. The highest BCUT2D eigenvalue weighted by molar-refractivity contribution is 5.76. The zero-order chi connectivity index (χ0) is 12.4. The molecular weight excluding hydrogens is 221 g/mol. The van der Waals surface area contributed by atoms with Crippen LogP contribution in [0.5, 0.6) is 0 Å². The summed E-state index contributed by atoms with van der Waals surface area (Å²) in [6.45, 7) is 2.87. The van der Waals surface area contributed by atoms with E-state index in [1.54, 1.807) is 6.07 Å². The predicted octanol–water partition coefficient (Wildman–Crippen LogP) is 1.58. The monoisotopic (exact) mass is 237 g/mol. The molecule has 0 spiro atoms. The maximum atomic E-state index is 13.1. The van der Waals surface area contributed by atoms with Crippen molar-refractivity contribution in [1.82, 2.24) is 9.55 Å². The fourth-order valence-electron chi connectivity index (χ4n) is 1.94. The van der Waals surface area contributed by atoms with Crippen LogP contribution >= 0.6 is 0 Å². The van der Waals surface area contributed by atoms with Crippen molar-refractivity contribution in [3.63, 3.8) is 0 Å². The van der Waals surface area contributed by atoms with Gasteiger partial charge >= 0.3 is 0 Å². The zero-order valence-corrected chi connectivity index (χ0v) is 9.73. The van der Waals surface area contributed by atoms with Gasteiger partial charge in [0, 0.05) is 19.2 Å². The second kappa shape index (κ2) is 4.81. The van der Waals surface area contributed by atoms with Gasteiger partial charge in [-0.2, -0.15) is 0 Å². The number of aliphatic hydroxyl groups excluding tert-OH is 1. The average molecular weight is 237 g/mol. The molecule has 0 amide bonds. The first-order chi connectivity index (χ1) is 8.17. The second-order valence-electron chi connectivity index (χ2n) is 4.01. The minimum Gasteiger partial charge on any atom is -0.384 e. The van der Waals surface area contributed by atoms with Crippen molar-refractivity contribution in [3.05, 3.63) is 29.8 Å². The third-order valence-corrected chi connectivity index (χ3v) is 2.71. The number of aliphatic hydroxyl groups is 1. The molecule has 0 bridgehead atoms. The summed E-state index contributed by atoms with van der Waals surface area (Å²) in [5, 5.41) is 9.80. The average Bonchev–Trinajstić information content (AvgIpc) is 2.67. The molecule has 2 rings (SSSR count). The van der Waals surface area contributed by atoms with Gasteiger partial charge in [-0.25, -0.2) is 9.37 Å². The normalized spacial score (nSPS) is 13.2. The first-order valence-corrected chi connectivity index (χ1v) is 5.71. The topological polar surface area (TPSA) is 64.1 Å². The van der Waals surface area contributed by atoms with Crippen LogP contribution in [0.25, 0.3) is 11.0 Å². The van der Waals surface area contributed by atoms with Gasteiger partial charge in [-0.05, 0) is 18.6 Å². The van der Waals surface area contributed by atoms with Crippen molar-refractivity contribution in [3.8, 4) is 0 Å². The lowest BCUT2D eigenvalue weighted by atomic mass is 10.3. The maximum absolute atomic E-state index is 13.1. The molecular formula is C12H16FN3O. The molecule has 0 radical (unpaired) electrons. The zero-order valence-electron chi connectivity index (χ0n) is 9.73. The number of aromatic nitrogens is 2. The lowest BCUT2D eigenvalue weighted by Gasteiger charge is -2.11. The highest BCUT2D eigenvalue weighted by Gasteiger charge is 2.16. The number of rotatable bonds is 4. The van der Waals surface area contributed by atoms with Crippen LogP contribution in [0.2, 0.25) is 0 Å². The molecule has 0 aliphatic heterocycles. The van der Waals surface area contributed by atoms with Crippen LogP contribution < -0.4 is 5.73 Å². The highest BCUT2D eigenvalue weighted by Crippen LogP contribution is 2.21. The molecule has 1 atom stereocenters. The van der Waals surface area contributed by atoms with Crippen molar-refractivity contribution in [2.45, 2.75) is 26.0 Å². The number of hydrogen-bond donors (Lipinski definition) is 2. The van der Waals surface area contributed by atoms with E-state index in [9.17, 15) is 9.50 Å². The van der Waals surface area contributed by atoms with Gasteiger partial charge in [0.15, 0.2) is 0 Å². The Labute approximate surface area is 98.9 Å². The minimum absolute atomic E-state index is 0.107. The Hall–Kier alpha value is -1.46. The van der Waals surface area contributed by atoms with E-state index in [2.05, 4.69) is 4.98 Å². The van der Waals surface area contributed by atoms with E-state index in [1.165, 1.54) is 12.1 Å². The van der Waals surface area contributed by atoms with Crippen molar-refractivity contribution < 1.29 is 9.50 Å². The van der Waals surface area contributed by atoms with Gasteiger partial charge in [0.05, 0.1) is 11.0 Å². The molecule has 1 aromatic carbocycles. The summed E-state index contributed by atoms with van der Waals surface area (Å²) >= 11 is 0. The number of benzene rings is 1. The fraction of sp³-hybridized carbons (Fsp3) is 0.417. The number of nitrogens with zero attached hydrogens (tertiary/aromatic N) is 2. The molecule has 1 aromatic heterocycles. The van der Waals surface area contributed by atoms with E-state index in [0.717, 1.165) is 18.5 Å². The molecule has 17 heavy (non-hydrogen) atoms. The van der Waals surface area contributed by atoms with Crippen molar-refractivity contribution in [2.75, 3.05) is 6.54 Å². The first kappa shape index (κ1) is 12.0. The SMILES string of the molecule is CCCn1c(C(O)CN)nc2cc(F)ccc21. The van der Waals surface area contributed by atoms with Crippen LogP contribution in [-0.2, 0) is 6.54 Å². The number of hydrogen-bond acceptors (Lipinski definition) is 3. The molecule has 0 fully saturated rings. The summed E-state index contributed by atoms with van der Waals surface area (Å²) in [5.41, 5.74) is 6.83. The molecule has 1 heterocycles. The molecule has 4 nitrogen and oxygen atoms in total. The van der Waals surface area contributed by atoms with Crippen molar-refractivity contribution in [2.24, 2.45) is 5.73 Å². The van der Waals surface area contributed by atoms with Gasteiger partial charge in [0.2, 0.25) is 0 Å². The van der Waals surface area contributed by atoms with E-state index in [-0.39, 0.29) is 12.4 Å². The van der Waals surface area contributed by atoms with Gasteiger partial charge in [0.25, 0.3) is 0 Å². The summed E-state index contributed by atoms with van der Waals surface area (Å²) in [5.74, 6) is 0.183. The van der Waals surface area contributed by atoms with Gasteiger partial charge in [-0.3, -0.25) is 0 Å². The van der Waals surface area contributed by atoms with Gasteiger partial charge < -0.3 is 15.4 Å². The van der Waals surface area contributed by atoms with Crippen LogP contribution in [0.3, 0.4) is 0 Å². The van der Waals surface area contributed by atoms with Crippen LogP contribution in [-0.4, -0.2) is 21.2 Å². The smallest absolute Gasteiger partial charge is 0.140 e. The maximum Gasteiger partial charge on any atom is 0.140 e. The third kappa shape index (κ3) is 2.16. The second-order valence-corrected chi connectivity index (χ2v) is 4.01. The Balaban J connectivity index is 2.61. The minimum atomic E-state index is -0.808. The molecule has 3 N–H and O–H groups in total. The predicted molar refractivity (Wildman–Crippen MR) is 64.0 cm³/mol. The van der Waals surface area contributed by atoms with E-state index in [1.807, 2.05) is 11.5 Å². The molecule has 0 aliphatic carbocycles. The summed E-state index contributed by atoms with van der Waals surface area (Å²) < 4.78 is 15.0. The summed E-state index contributed by atoms with van der Waals surface area (Å²) in [6.07, 6.45) is 0.102. The van der Waals surface area contributed by atoms with E-state index in [4.69, 9.17) is 5.73 Å². The highest BCUT2D eigenvalue weighted by atomic mass is 19.1. The standard InChI is InChI=1S/C12H16FN3O/c1-2-5-16-10-4-3-8(13)6-9(10)15-12(16)11(17)7-14/h3-4,6,11,17H,2,5,7,14H2,1H3. The molecule has 1 unspecified atom stereocenters. The van der Waals surface area contributed by atoms with Crippen molar-refractivity contribution >= 4 is 11.0 Å². The lowest BCUT2D eigenvalue weighted by Crippen LogP contribution is -2.17. The van der Waals surface area contributed by atoms with Crippen LogP contribution in [0.1, 0.15) is 25.3 Å². The third-order valence-electron chi connectivity index (χ3n) is 2.71. The van der Waals surface area contributed by atoms with Crippen LogP contribution in [0.4, 0.5) is 4.39 Å². The van der Waals surface area contributed by atoms with Gasteiger partial charge in [0.1, 0.15) is 17.7 Å².